The second-order valence-corrected chi connectivity index (χ2v) is 11.7. The number of hydrogen-bond donors (Lipinski definition) is 1. The summed E-state index contributed by atoms with van der Waals surface area (Å²) in [4.78, 5) is 61.5. The monoisotopic (exact) mass is 675 g/mol. The van der Waals surface area contributed by atoms with Crippen molar-refractivity contribution in [2.24, 2.45) is 0 Å². The summed E-state index contributed by atoms with van der Waals surface area (Å²) in [5.74, 6) is -1.32. The van der Waals surface area contributed by atoms with Gasteiger partial charge in [0.15, 0.2) is 24.4 Å². The van der Waals surface area contributed by atoms with Crippen molar-refractivity contribution in [1.82, 2.24) is 10.2 Å². The molecule has 0 radical (unpaired) electrons. The van der Waals surface area contributed by atoms with Crippen LogP contribution in [0.3, 0.4) is 0 Å². The predicted molar refractivity (Wildman–Crippen MR) is 183 cm³/mol. The molecule has 14 nitrogen and oxygen atoms in total. The van der Waals surface area contributed by atoms with Crippen molar-refractivity contribution < 1.29 is 33.5 Å². The molecule has 252 valence electrons. The zero-order valence-electron chi connectivity index (χ0n) is 27.0. The van der Waals surface area contributed by atoms with E-state index in [0.29, 0.717) is 23.7 Å². The van der Waals surface area contributed by atoms with Crippen LogP contribution in [0.5, 0.6) is 5.75 Å². The molecular formula is C36H31N6O8+. The zero-order chi connectivity index (χ0) is 35.5. The Kier molecular flexibility index (Phi) is 9.17. The van der Waals surface area contributed by atoms with Crippen LogP contribution in [0.25, 0.3) is 17.0 Å². The number of carbonyl (C=O) groups is 3. The maximum Gasteiger partial charge on any atom is 0.273 e. The summed E-state index contributed by atoms with van der Waals surface area (Å²) in [6.07, 6.45) is 9.75. The highest BCUT2D eigenvalue weighted by Crippen LogP contribution is 2.40. The van der Waals surface area contributed by atoms with Crippen LogP contribution in [-0.4, -0.2) is 52.6 Å². The second-order valence-electron chi connectivity index (χ2n) is 11.7. The zero-order valence-corrected chi connectivity index (χ0v) is 27.0. The summed E-state index contributed by atoms with van der Waals surface area (Å²) in [6, 6.07) is 19.0. The number of anilines is 1. The molecular weight excluding hydrogens is 644 g/mol. The van der Waals surface area contributed by atoms with Crippen molar-refractivity contribution in [3.05, 3.63) is 140 Å². The number of nitro groups is 2. The number of nitrogens with one attached hydrogen (secondary N) is 1. The van der Waals surface area contributed by atoms with Crippen LogP contribution in [0, 0.1) is 20.2 Å². The fourth-order valence-corrected chi connectivity index (χ4v) is 5.89. The lowest BCUT2D eigenvalue weighted by Crippen LogP contribution is -2.39. The normalized spacial score (nSPS) is 15.2. The van der Waals surface area contributed by atoms with Gasteiger partial charge < -0.3 is 15.0 Å². The molecule has 3 aromatic carbocycles. The summed E-state index contributed by atoms with van der Waals surface area (Å²) in [5.41, 5.74) is 3.19. The minimum Gasteiger partial charge on any atom is -0.438 e. The van der Waals surface area contributed by atoms with Gasteiger partial charge in [-0.15, -0.1) is 0 Å². The van der Waals surface area contributed by atoms with E-state index >= 15 is 0 Å². The molecule has 1 N–H and O–H groups in total. The number of nitrogens with zero attached hydrogens (tertiary/aromatic N) is 5. The molecule has 50 heavy (non-hydrogen) atoms. The average Bonchev–Trinajstić information content (AvgIpc) is 3.60. The third-order valence-electron chi connectivity index (χ3n) is 8.57. The van der Waals surface area contributed by atoms with Crippen LogP contribution < -0.4 is 19.5 Å². The van der Waals surface area contributed by atoms with Gasteiger partial charge in [-0.3, -0.25) is 39.5 Å². The number of allylic oxidation sites excluding steroid dienone is 2. The van der Waals surface area contributed by atoms with Gasteiger partial charge in [0.05, 0.1) is 32.9 Å². The highest BCUT2D eigenvalue weighted by molar-refractivity contribution is 6.12. The second kappa shape index (κ2) is 13.8. The number of non-ortho nitro benzene ring substituents is 1. The number of para-hydroxylation sites is 1. The molecule has 0 bridgehead atoms. The molecule has 2 aliphatic rings. The highest BCUT2D eigenvalue weighted by Gasteiger charge is 2.28. The van der Waals surface area contributed by atoms with Crippen LogP contribution in [0.4, 0.5) is 17.1 Å². The van der Waals surface area contributed by atoms with Crippen LogP contribution in [0.15, 0.2) is 103 Å². The van der Waals surface area contributed by atoms with E-state index in [1.54, 1.807) is 36.1 Å². The lowest BCUT2D eigenvalue weighted by molar-refractivity contribution is -0.662. The summed E-state index contributed by atoms with van der Waals surface area (Å²) in [7, 11) is 1.81. The number of rotatable bonds is 11. The van der Waals surface area contributed by atoms with Crippen molar-refractivity contribution in [2.45, 2.75) is 19.4 Å². The Hall–Kier alpha value is -6.70. The van der Waals surface area contributed by atoms with Gasteiger partial charge in [-0.05, 0) is 30.7 Å². The minimum atomic E-state index is -0.857. The first-order valence-electron chi connectivity index (χ1n) is 15.6. The van der Waals surface area contributed by atoms with Crippen LogP contribution in [-0.2, 0) is 20.9 Å². The van der Waals surface area contributed by atoms with Gasteiger partial charge in [0.25, 0.3) is 23.2 Å². The first kappa shape index (κ1) is 33.2. The van der Waals surface area contributed by atoms with Crippen molar-refractivity contribution in [1.29, 1.82) is 0 Å². The number of pyridine rings is 1. The van der Waals surface area contributed by atoms with Gasteiger partial charge in [-0.1, -0.05) is 36.4 Å². The van der Waals surface area contributed by atoms with E-state index < -0.39 is 33.5 Å². The maximum atomic E-state index is 12.9. The molecule has 0 spiro atoms. The van der Waals surface area contributed by atoms with Gasteiger partial charge in [-0.2, -0.15) is 4.57 Å². The molecule has 14 heteroatoms. The molecule has 0 aliphatic carbocycles. The van der Waals surface area contributed by atoms with E-state index in [1.165, 1.54) is 18.2 Å². The van der Waals surface area contributed by atoms with Crippen LogP contribution in [0.1, 0.15) is 29.5 Å². The number of ether oxygens (including phenoxy) is 1. The SMILES string of the molecule is CC(C(=O)NCCN1C(=O)C=CC1=O)c1ccc(C[n+]2ccc(/C=C/C=C3/Oc4cc([N+](=O)[O-])ccc4N3C)c3ccccc32)cc1[N+](=O)[O-]. The topological polar surface area (TPSA) is 169 Å². The first-order valence-corrected chi connectivity index (χ1v) is 15.6. The number of nitro benzene ring substituents is 2. The molecule has 1 aromatic heterocycles. The fourth-order valence-electron chi connectivity index (χ4n) is 5.89. The van der Waals surface area contributed by atoms with Gasteiger partial charge in [0, 0.05) is 67.7 Å². The molecule has 2 aliphatic heterocycles. The Morgan fingerprint density at radius 3 is 2.50 bits per heavy atom. The minimum absolute atomic E-state index is 0.00328. The van der Waals surface area contributed by atoms with Crippen molar-refractivity contribution in [3.8, 4) is 5.75 Å². The lowest BCUT2D eigenvalue weighted by atomic mass is 9.96. The predicted octanol–water partition coefficient (Wildman–Crippen LogP) is 4.52. The summed E-state index contributed by atoms with van der Waals surface area (Å²) in [6.45, 7) is 1.91. The number of benzene rings is 3. The Morgan fingerprint density at radius 1 is 1.00 bits per heavy atom. The number of amides is 3. The van der Waals surface area contributed by atoms with Gasteiger partial charge in [0.2, 0.25) is 11.4 Å². The van der Waals surface area contributed by atoms with E-state index in [-0.39, 0.29) is 30.0 Å². The van der Waals surface area contributed by atoms with E-state index in [4.69, 9.17) is 4.74 Å². The molecule has 3 amide bonds. The highest BCUT2D eigenvalue weighted by atomic mass is 16.6. The lowest BCUT2D eigenvalue weighted by Gasteiger charge is -2.16. The maximum absolute atomic E-state index is 12.9. The largest absolute Gasteiger partial charge is 0.438 e. The average molecular weight is 676 g/mol. The summed E-state index contributed by atoms with van der Waals surface area (Å²) >= 11 is 0. The molecule has 0 saturated carbocycles. The molecule has 6 rings (SSSR count). The molecule has 4 aromatic rings. The number of aromatic nitrogens is 1. The molecule has 1 unspecified atom stereocenters. The van der Waals surface area contributed by atoms with Crippen molar-refractivity contribution in [3.63, 3.8) is 0 Å². The Labute approximate surface area is 285 Å². The Bertz CT molecular complexity index is 2160. The fraction of sp³-hybridized carbons (Fsp3) is 0.167. The Balaban J connectivity index is 1.17. The number of carbonyl (C=O) groups excluding carboxylic acids is 3. The van der Waals surface area contributed by atoms with Gasteiger partial charge in [0.1, 0.15) is 0 Å². The summed E-state index contributed by atoms with van der Waals surface area (Å²) < 4.78 is 7.84. The number of hydrogen-bond acceptors (Lipinski definition) is 9. The standard InChI is InChI=1S/C36H30N6O8/c1-23(36(45)37-17-19-40-33(43)14-15-34(40)44)27-12-10-24(20-31(27)42(48)49)22-39-18-16-25(28-7-3-4-8-29(28)39)6-5-9-35-38(2)30-13-11-26(41(46)47)21-32(30)50-35/h3-16,18,20-21,23H,17,19,22H2,1-2H3/p+1. The smallest absolute Gasteiger partial charge is 0.273 e. The molecule has 0 fully saturated rings. The quantitative estimate of drug-likeness (QED) is 0.104. The summed E-state index contributed by atoms with van der Waals surface area (Å²) in [5, 5.41) is 26.9. The van der Waals surface area contributed by atoms with E-state index in [1.807, 2.05) is 60.3 Å². The molecule has 1 atom stereocenters. The third-order valence-corrected chi connectivity index (χ3v) is 8.57. The Morgan fingerprint density at radius 2 is 1.76 bits per heavy atom. The first-order chi connectivity index (χ1) is 24.0. The molecule has 0 saturated heterocycles. The van der Waals surface area contributed by atoms with Gasteiger partial charge in [-0.25, -0.2) is 0 Å². The van der Waals surface area contributed by atoms with Crippen LogP contribution >= 0.6 is 0 Å². The van der Waals surface area contributed by atoms with Crippen molar-refractivity contribution in [2.75, 3.05) is 25.0 Å². The van der Waals surface area contributed by atoms with Gasteiger partial charge >= 0.3 is 0 Å². The number of fused-ring (bicyclic) bond motifs is 2. The van der Waals surface area contributed by atoms with E-state index in [0.717, 1.165) is 39.2 Å². The van der Waals surface area contributed by atoms with E-state index in [2.05, 4.69) is 5.32 Å². The van der Waals surface area contributed by atoms with Crippen molar-refractivity contribution >= 4 is 51.8 Å². The van der Waals surface area contributed by atoms with E-state index in [9.17, 15) is 34.6 Å². The number of imide groups is 1. The third kappa shape index (κ3) is 6.67. The molecule has 3 heterocycles. The van der Waals surface area contributed by atoms with Crippen LogP contribution in [0.2, 0.25) is 0 Å².